The van der Waals surface area contributed by atoms with Gasteiger partial charge in [-0.05, 0) is 43.9 Å². The molecule has 1 saturated heterocycles. The molecule has 3 atom stereocenters. The van der Waals surface area contributed by atoms with Crippen LogP contribution in [-0.2, 0) is 9.59 Å². The molecule has 1 aliphatic carbocycles. The van der Waals surface area contributed by atoms with E-state index in [1.165, 1.54) is 44.9 Å². The summed E-state index contributed by atoms with van der Waals surface area (Å²) in [6, 6.07) is 0.477. The minimum atomic E-state index is 0.235. The number of hydrogen-bond donors (Lipinski definition) is 0. The SMILES string of the molecule is CCCC(C)CCCC(=O)CCC(=O)N1CCCC2CCCCC21. The van der Waals surface area contributed by atoms with Gasteiger partial charge in [0, 0.05) is 31.8 Å². The van der Waals surface area contributed by atoms with Crippen molar-refractivity contribution in [3.8, 4) is 0 Å². The normalized spacial score (nSPS) is 25.2. The lowest BCUT2D eigenvalue weighted by molar-refractivity contribution is -0.139. The smallest absolute Gasteiger partial charge is 0.223 e. The van der Waals surface area contributed by atoms with Gasteiger partial charge >= 0.3 is 0 Å². The number of piperidine rings is 1. The van der Waals surface area contributed by atoms with Gasteiger partial charge < -0.3 is 4.90 Å². The van der Waals surface area contributed by atoms with Crippen LogP contribution < -0.4 is 0 Å². The average Bonchev–Trinajstić information content (AvgIpc) is 2.59. The Morgan fingerprint density at radius 1 is 1.00 bits per heavy atom. The molecule has 2 rings (SSSR count). The summed E-state index contributed by atoms with van der Waals surface area (Å²) < 4.78 is 0. The highest BCUT2D eigenvalue weighted by atomic mass is 16.2. The maximum atomic E-state index is 12.6. The summed E-state index contributed by atoms with van der Waals surface area (Å²) >= 11 is 0. The van der Waals surface area contributed by atoms with Crippen molar-refractivity contribution < 1.29 is 9.59 Å². The largest absolute Gasteiger partial charge is 0.339 e. The Bertz CT molecular complexity index is 405. The predicted octanol–water partition coefficient (Wildman–Crippen LogP) is 5.12. The van der Waals surface area contributed by atoms with E-state index >= 15 is 0 Å². The second kappa shape index (κ2) is 10.2. The van der Waals surface area contributed by atoms with Crippen molar-refractivity contribution in [2.24, 2.45) is 11.8 Å². The molecule has 1 saturated carbocycles. The number of likely N-dealkylation sites (tertiary alicyclic amines) is 1. The second-order valence-electron chi connectivity index (χ2n) is 8.17. The van der Waals surface area contributed by atoms with Crippen LogP contribution in [0.4, 0.5) is 0 Å². The third kappa shape index (κ3) is 5.89. The fourth-order valence-electron chi connectivity index (χ4n) is 4.73. The van der Waals surface area contributed by atoms with Crippen LogP contribution in [-0.4, -0.2) is 29.2 Å². The number of carbonyl (C=O) groups excluding carboxylic acids is 2. The predicted molar refractivity (Wildman–Crippen MR) is 98.9 cm³/mol. The van der Waals surface area contributed by atoms with Crippen LogP contribution in [0.1, 0.15) is 97.3 Å². The number of nitrogens with zero attached hydrogens (tertiary/aromatic N) is 1. The van der Waals surface area contributed by atoms with Crippen molar-refractivity contribution in [3.63, 3.8) is 0 Å². The second-order valence-corrected chi connectivity index (χ2v) is 8.17. The van der Waals surface area contributed by atoms with E-state index in [0.29, 0.717) is 25.3 Å². The van der Waals surface area contributed by atoms with E-state index in [4.69, 9.17) is 0 Å². The van der Waals surface area contributed by atoms with Crippen LogP contribution in [0.2, 0.25) is 0 Å². The Morgan fingerprint density at radius 3 is 2.54 bits per heavy atom. The fraction of sp³-hybridized carbons (Fsp3) is 0.905. The number of Topliss-reactive ketones (excluding diaryl/α,β-unsaturated/α-hetero) is 1. The molecule has 0 aromatic carbocycles. The van der Waals surface area contributed by atoms with Gasteiger partial charge in [-0.1, -0.05) is 46.0 Å². The van der Waals surface area contributed by atoms with Gasteiger partial charge in [0.2, 0.25) is 5.91 Å². The lowest BCUT2D eigenvalue weighted by Gasteiger charge is -2.44. The van der Waals surface area contributed by atoms with Crippen LogP contribution >= 0.6 is 0 Å². The molecule has 2 fully saturated rings. The third-order valence-corrected chi connectivity index (χ3v) is 6.12. The van der Waals surface area contributed by atoms with Gasteiger partial charge in [0.05, 0.1) is 0 Å². The van der Waals surface area contributed by atoms with Crippen LogP contribution in [0.15, 0.2) is 0 Å². The maximum Gasteiger partial charge on any atom is 0.223 e. The Kier molecular flexibility index (Phi) is 8.28. The Hall–Kier alpha value is -0.860. The number of hydrogen-bond acceptors (Lipinski definition) is 2. The third-order valence-electron chi connectivity index (χ3n) is 6.12. The van der Waals surface area contributed by atoms with Gasteiger partial charge in [0.25, 0.3) is 0 Å². The number of carbonyl (C=O) groups is 2. The maximum absolute atomic E-state index is 12.6. The summed E-state index contributed by atoms with van der Waals surface area (Å²) in [7, 11) is 0. The molecule has 3 nitrogen and oxygen atoms in total. The molecule has 1 amide bonds. The van der Waals surface area contributed by atoms with Crippen molar-refractivity contribution in [2.75, 3.05) is 6.54 Å². The number of ketones is 1. The minimum absolute atomic E-state index is 0.235. The summed E-state index contributed by atoms with van der Waals surface area (Å²) in [5.74, 6) is 1.97. The van der Waals surface area contributed by atoms with E-state index in [-0.39, 0.29) is 11.7 Å². The highest BCUT2D eigenvalue weighted by molar-refractivity contribution is 5.85. The van der Waals surface area contributed by atoms with Crippen LogP contribution in [0.5, 0.6) is 0 Å². The zero-order valence-corrected chi connectivity index (χ0v) is 15.9. The first-order chi connectivity index (χ1) is 11.6. The van der Waals surface area contributed by atoms with Gasteiger partial charge in [-0.3, -0.25) is 9.59 Å². The molecule has 0 aromatic heterocycles. The van der Waals surface area contributed by atoms with Gasteiger partial charge in [0.1, 0.15) is 5.78 Å². The lowest BCUT2D eigenvalue weighted by atomic mass is 9.78. The molecule has 0 N–H and O–H groups in total. The van der Waals surface area contributed by atoms with Crippen molar-refractivity contribution >= 4 is 11.7 Å². The van der Waals surface area contributed by atoms with E-state index < -0.39 is 0 Å². The monoisotopic (exact) mass is 335 g/mol. The van der Waals surface area contributed by atoms with Crippen LogP contribution in [0, 0.1) is 11.8 Å². The van der Waals surface area contributed by atoms with Gasteiger partial charge in [0.15, 0.2) is 0 Å². The van der Waals surface area contributed by atoms with E-state index in [1.807, 2.05) is 0 Å². The van der Waals surface area contributed by atoms with Crippen LogP contribution in [0.25, 0.3) is 0 Å². The minimum Gasteiger partial charge on any atom is -0.339 e. The zero-order chi connectivity index (χ0) is 17.4. The van der Waals surface area contributed by atoms with Crippen LogP contribution in [0.3, 0.4) is 0 Å². The van der Waals surface area contributed by atoms with Gasteiger partial charge in [-0.25, -0.2) is 0 Å². The summed E-state index contributed by atoms with van der Waals surface area (Å²) in [6.07, 6.45) is 13.7. The molecular formula is C21H37NO2. The molecular weight excluding hydrogens is 298 g/mol. The molecule has 0 aromatic rings. The lowest BCUT2D eigenvalue weighted by Crippen LogP contribution is -2.49. The highest BCUT2D eigenvalue weighted by Crippen LogP contribution is 2.35. The van der Waals surface area contributed by atoms with Crippen molar-refractivity contribution in [2.45, 2.75) is 103 Å². The van der Waals surface area contributed by atoms with Crippen molar-refractivity contribution in [3.05, 3.63) is 0 Å². The molecule has 1 aliphatic heterocycles. The molecule has 3 unspecified atom stereocenters. The molecule has 138 valence electrons. The Balaban J connectivity index is 1.67. The quantitative estimate of drug-likeness (QED) is 0.586. The Labute approximate surface area is 148 Å². The standard InChI is InChI=1S/C21H37NO2/c1-3-8-17(2)9-6-12-19(23)14-15-21(24)22-16-7-11-18-10-4-5-13-20(18)22/h17-18,20H,3-16H2,1-2H3. The Morgan fingerprint density at radius 2 is 1.75 bits per heavy atom. The van der Waals surface area contributed by atoms with Crippen molar-refractivity contribution in [1.29, 1.82) is 0 Å². The summed E-state index contributed by atoms with van der Waals surface area (Å²) in [4.78, 5) is 26.8. The first-order valence-electron chi connectivity index (χ1n) is 10.4. The van der Waals surface area contributed by atoms with E-state index in [0.717, 1.165) is 37.6 Å². The summed E-state index contributed by atoms with van der Waals surface area (Å²) in [5.41, 5.74) is 0. The molecule has 0 spiro atoms. The molecule has 2 aliphatic rings. The zero-order valence-electron chi connectivity index (χ0n) is 15.9. The molecule has 24 heavy (non-hydrogen) atoms. The number of rotatable bonds is 9. The van der Waals surface area contributed by atoms with E-state index in [2.05, 4.69) is 18.7 Å². The summed E-state index contributed by atoms with van der Waals surface area (Å²) in [6.45, 7) is 5.40. The van der Waals surface area contributed by atoms with E-state index in [1.54, 1.807) is 0 Å². The molecule has 0 bridgehead atoms. The van der Waals surface area contributed by atoms with Gasteiger partial charge in [-0.2, -0.15) is 0 Å². The topological polar surface area (TPSA) is 37.4 Å². The highest BCUT2D eigenvalue weighted by Gasteiger charge is 2.35. The number of amides is 1. The molecule has 0 radical (unpaired) electrons. The first kappa shape index (κ1) is 19.5. The first-order valence-corrected chi connectivity index (χ1v) is 10.4. The average molecular weight is 336 g/mol. The number of fused-ring (bicyclic) bond motifs is 1. The summed E-state index contributed by atoms with van der Waals surface area (Å²) in [5, 5.41) is 0. The van der Waals surface area contributed by atoms with Crippen molar-refractivity contribution in [1.82, 2.24) is 4.90 Å². The van der Waals surface area contributed by atoms with E-state index in [9.17, 15) is 9.59 Å². The fourth-order valence-corrected chi connectivity index (χ4v) is 4.73. The molecule has 3 heteroatoms. The molecule has 1 heterocycles. The van der Waals surface area contributed by atoms with Gasteiger partial charge in [-0.15, -0.1) is 0 Å².